The Labute approximate surface area is 174 Å². The second-order valence-corrected chi connectivity index (χ2v) is 8.14. The zero-order chi connectivity index (χ0) is 21.0. The van der Waals surface area contributed by atoms with Crippen molar-refractivity contribution >= 4 is 28.6 Å². The molecule has 0 unspecified atom stereocenters. The monoisotopic (exact) mass is 411 g/mol. The molecule has 0 spiro atoms. The second-order valence-electron chi connectivity index (χ2n) is 6.84. The summed E-state index contributed by atoms with van der Waals surface area (Å²) in [7, 11) is 1.59. The van der Waals surface area contributed by atoms with Gasteiger partial charge in [-0.05, 0) is 44.0 Å². The molecule has 152 valence electrons. The van der Waals surface area contributed by atoms with Crippen LogP contribution in [-0.4, -0.2) is 41.0 Å². The number of carbonyl (C=O) groups is 1. The molecule has 0 aliphatic rings. The van der Waals surface area contributed by atoms with Gasteiger partial charge in [-0.2, -0.15) is 0 Å². The van der Waals surface area contributed by atoms with Crippen molar-refractivity contribution in [1.29, 1.82) is 0 Å². The van der Waals surface area contributed by atoms with Crippen LogP contribution in [-0.2, 0) is 9.53 Å². The molecule has 0 saturated carbocycles. The minimum Gasteiger partial charge on any atom is -0.383 e. The Morgan fingerprint density at radius 3 is 2.55 bits per heavy atom. The van der Waals surface area contributed by atoms with Gasteiger partial charge in [-0.15, -0.1) is 0 Å². The number of nitrogens with one attached hydrogen (secondary N) is 1. The molecule has 0 aliphatic carbocycles. The molecule has 1 aromatic heterocycles. The van der Waals surface area contributed by atoms with Gasteiger partial charge in [-0.3, -0.25) is 14.2 Å². The maximum atomic E-state index is 13.4. The Bertz CT molecular complexity index is 1070. The van der Waals surface area contributed by atoms with Crippen LogP contribution in [0.5, 0.6) is 0 Å². The van der Waals surface area contributed by atoms with Crippen molar-refractivity contribution < 1.29 is 9.53 Å². The van der Waals surface area contributed by atoms with Crippen LogP contribution < -0.4 is 10.9 Å². The maximum Gasteiger partial charge on any atom is 0.266 e. The van der Waals surface area contributed by atoms with E-state index in [4.69, 9.17) is 9.72 Å². The van der Waals surface area contributed by atoms with Crippen LogP contribution in [0.4, 0.5) is 0 Å². The van der Waals surface area contributed by atoms with Crippen LogP contribution in [0.3, 0.4) is 0 Å². The minimum absolute atomic E-state index is 0.123. The summed E-state index contributed by atoms with van der Waals surface area (Å²) >= 11 is 1.28. The predicted octanol–water partition coefficient (Wildman–Crippen LogP) is 3.25. The zero-order valence-corrected chi connectivity index (χ0v) is 17.9. The first-order chi connectivity index (χ1) is 13.9. The molecule has 0 saturated heterocycles. The molecule has 3 aromatic rings. The van der Waals surface area contributed by atoms with Crippen molar-refractivity contribution in [3.8, 4) is 5.69 Å². The van der Waals surface area contributed by atoms with E-state index in [1.807, 2.05) is 57.2 Å². The van der Waals surface area contributed by atoms with Crippen molar-refractivity contribution in [3.05, 3.63) is 63.9 Å². The molecule has 0 bridgehead atoms. The summed E-state index contributed by atoms with van der Waals surface area (Å²) in [6, 6.07) is 13.2. The van der Waals surface area contributed by atoms with Crippen LogP contribution in [0.25, 0.3) is 16.6 Å². The van der Waals surface area contributed by atoms with Crippen LogP contribution in [0.2, 0.25) is 0 Å². The lowest BCUT2D eigenvalue weighted by molar-refractivity contribution is -0.120. The largest absolute Gasteiger partial charge is 0.383 e. The number of aryl methyl sites for hydroxylation is 2. The Morgan fingerprint density at radius 1 is 1.17 bits per heavy atom. The predicted molar refractivity (Wildman–Crippen MR) is 117 cm³/mol. The standard InChI is InChI=1S/C22H25N3O3S/c1-14-8-7-9-15(2)19(14)25-21(27)17-10-5-6-11-18(17)24-22(25)29-16(3)20(26)23-12-13-28-4/h5-11,16H,12-13H2,1-4H3,(H,23,26)/t16-/m1/s1. The normalized spacial score (nSPS) is 12.1. The van der Waals surface area contributed by atoms with Gasteiger partial charge in [-0.1, -0.05) is 42.1 Å². The van der Waals surface area contributed by atoms with Crippen molar-refractivity contribution in [1.82, 2.24) is 14.9 Å². The van der Waals surface area contributed by atoms with Crippen LogP contribution in [0, 0.1) is 13.8 Å². The van der Waals surface area contributed by atoms with Crippen LogP contribution >= 0.6 is 11.8 Å². The summed E-state index contributed by atoms with van der Waals surface area (Å²) < 4.78 is 6.61. The average Bonchev–Trinajstić information content (AvgIpc) is 2.70. The number of thioether (sulfide) groups is 1. The molecule has 7 heteroatoms. The van der Waals surface area contributed by atoms with E-state index in [-0.39, 0.29) is 11.5 Å². The number of para-hydroxylation sites is 2. The maximum absolute atomic E-state index is 13.4. The fraction of sp³-hybridized carbons (Fsp3) is 0.318. The quantitative estimate of drug-likeness (QED) is 0.367. The molecule has 0 radical (unpaired) electrons. The number of benzene rings is 2. The van der Waals surface area contributed by atoms with Gasteiger partial charge in [0.15, 0.2) is 5.16 Å². The van der Waals surface area contributed by atoms with Crippen molar-refractivity contribution in [2.24, 2.45) is 0 Å². The Kier molecular flexibility index (Phi) is 6.71. The van der Waals surface area contributed by atoms with Crippen LogP contribution in [0.15, 0.2) is 52.4 Å². The van der Waals surface area contributed by atoms with Crippen LogP contribution in [0.1, 0.15) is 18.1 Å². The molecular formula is C22H25N3O3S. The van der Waals surface area contributed by atoms with E-state index < -0.39 is 5.25 Å². The second kappa shape index (κ2) is 9.24. The fourth-order valence-corrected chi connectivity index (χ4v) is 4.12. The van der Waals surface area contributed by atoms with Crippen molar-refractivity contribution in [3.63, 3.8) is 0 Å². The summed E-state index contributed by atoms with van der Waals surface area (Å²) in [6.07, 6.45) is 0. The third kappa shape index (κ3) is 4.52. The number of ether oxygens (including phenoxy) is 1. The molecule has 0 aliphatic heterocycles. The fourth-order valence-electron chi connectivity index (χ4n) is 3.18. The summed E-state index contributed by atoms with van der Waals surface area (Å²) in [5.41, 5.74) is 3.24. The lowest BCUT2D eigenvalue weighted by Crippen LogP contribution is -2.34. The number of nitrogens with zero attached hydrogens (tertiary/aromatic N) is 2. The van der Waals surface area contributed by atoms with E-state index in [0.29, 0.717) is 29.2 Å². The first kappa shape index (κ1) is 21.1. The SMILES string of the molecule is COCCNC(=O)[C@@H](C)Sc1nc2ccccc2c(=O)n1-c1c(C)cccc1C. The van der Waals surface area contributed by atoms with Gasteiger partial charge in [0.1, 0.15) is 0 Å². The van der Waals surface area contributed by atoms with Crippen molar-refractivity contribution in [2.75, 3.05) is 20.3 Å². The number of hydrogen-bond acceptors (Lipinski definition) is 5. The number of aromatic nitrogens is 2. The van der Waals surface area contributed by atoms with E-state index in [0.717, 1.165) is 16.8 Å². The average molecular weight is 412 g/mol. The molecule has 1 N–H and O–H groups in total. The smallest absolute Gasteiger partial charge is 0.266 e. The highest BCUT2D eigenvalue weighted by molar-refractivity contribution is 8.00. The lowest BCUT2D eigenvalue weighted by Gasteiger charge is -2.19. The van der Waals surface area contributed by atoms with Crippen molar-refractivity contribution in [2.45, 2.75) is 31.2 Å². The third-order valence-corrected chi connectivity index (χ3v) is 5.72. The summed E-state index contributed by atoms with van der Waals surface area (Å²) in [6.45, 7) is 6.64. The molecule has 1 amide bonds. The highest BCUT2D eigenvalue weighted by atomic mass is 32.2. The van der Waals surface area contributed by atoms with Gasteiger partial charge in [0, 0.05) is 13.7 Å². The molecule has 2 aromatic carbocycles. The van der Waals surface area contributed by atoms with Gasteiger partial charge in [0.05, 0.1) is 28.4 Å². The molecular weight excluding hydrogens is 386 g/mol. The number of amides is 1. The Balaban J connectivity index is 2.11. The van der Waals surface area contributed by atoms with Gasteiger partial charge in [0.2, 0.25) is 5.91 Å². The first-order valence-electron chi connectivity index (χ1n) is 9.45. The van der Waals surface area contributed by atoms with Gasteiger partial charge >= 0.3 is 0 Å². The lowest BCUT2D eigenvalue weighted by atomic mass is 10.1. The molecule has 1 atom stereocenters. The molecule has 29 heavy (non-hydrogen) atoms. The third-order valence-electron chi connectivity index (χ3n) is 4.66. The number of carbonyl (C=O) groups excluding carboxylic acids is 1. The summed E-state index contributed by atoms with van der Waals surface area (Å²) in [5.74, 6) is -0.123. The molecule has 3 rings (SSSR count). The van der Waals surface area contributed by atoms with Gasteiger partial charge in [-0.25, -0.2) is 4.98 Å². The minimum atomic E-state index is -0.421. The zero-order valence-electron chi connectivity index (χ0n) is 17.1. The van der Waals surface area contributed by atoms with E-state index in [2.05, 4.69) is 5.32 Å². The summed E-state index contributed by atoms with van der Waals surface area (Å²) in [4.78, 5) is 30.6. The first-order valence-corrected chi connectivity index (χ1v) is 10.3. The Morgan fingerprint density at radius 2 is 1.86 bits per heavy atom. The highest BCUT2D eigenvalue weighted by Gasteiger charge is 2.21. The number of rotatable bonds is 7. The molecule has 6 nitrogen and oxygen atoms in total. The number of fused-ring (bicyclic) bond motifs is 1. The van der Waals surface area contributed by atoms with Gasteiger partial charge in [0.25, 0.3) is 5.56 Å². The van der Waals surface area contributed by atoms with E-state index in [1.54, 1.807) is 17.7 Å². The highest BCUT2D eigenvalue weighted by Crippen LogP contribution is 2.27. The molecule has 0 fully saturated rings. The topological polar surface area (TPSA) is 73.2 Å². The van der Waals surface area contributed by atoms with E-state index in [9.17, 15) is 9.59 Å². The number of methoxy groups -OCH3 is 1. The van der Waals surface area contributed by atoms with E-state index in [1.165, 1.54) is 11.8 Å². The molecule has 1 heterocycles. The number of hydrogen-bond donors (Lipinski definition) is 1. The Hall–Kier alpha value is -2.64. The van der Waals surface area contributed by atoms with Gasteiger partial charge < -0.3 is 10.1 Å². The summed E-state index contributed by atoms with van der Waals surface area (Å²) in [5, 5.41) is 3.47. The van der Waals surface area contributed by atoms with E-state index >= 15 is 0 Å².